The van der Waals surface area contributed by atoms with Gasteiger partial charge in [0, 0.05) is 24.7 Å². The van der Waals surface area contributed by atoms with Crippen LogP contribution in [0.25, 0.3) is 0 Å². The lowest BCUT2D eigenvalue weighted by atomic mass is 10.0. The van der Waals surface area contributed by atoms with Gasteiger partial charge in [-0.25, -0.2) is 13.1 Å². The zero-order valence-electron chi connectivity index (χ0n) is 13.7. The van der Waals surface area contributed by atoms with E-state index in [1.807, 2.05) is 4.90 Å². The summed E-state index contributed by atoms with van der Waals surface area (Å²) in [7, 11) is -3.55. The van der Waals surface area contributed by atoms with E-state index in [1.54, 1.807) is 12.1 Å². The molecule has 1 heterocycles. The number of likely N-dealkylation sites (tertiary alicyclic amines) is 1. The van der Waals surface area contributed by atoms with Crippen LogP contribution in [0.4, 0.5) is 0 Å². The summed E-state index contributed by atoms with van der Waals surface area (Å²) >= 11 is 0. The molecule has 1 fully saturated rings. The Bertz CT molecular complexity index is 666. The molecule has 1 aliphatic rings. The molecule has 1 aliphatic heterocycles. The minimum atomic E-state index is -3.55. The van der Waals surface area contributed by atoms with Crippen molar-refractivity contribution >= 4 is 15.9 Å². The summed E-state index contributed by atoms with van der Waals surface area (Å²) in [6.07, 6.45) is 3.53. The molecule has 0 aromatic heterocycles. The molecule has 1 amide bonds. The first-order valence-corrected chi connectivity index (χ1v) is 9.36. The number of sulfonamides is 1. The Kier molecular flexibility index (Phi) is 5.59. The molecule has 2 rings (SSSR count). The van der Waals surface area contributed by atoms with Crippen molar-refractivity contribution in [3.05, 3.63) is 42.5 Å². The van der Waals surface area contributed by atoms with E-state index in [9.17, 15) is 13.2 Å². The normalized spacial score (nSPS) is 18.4. The summed E-state index contributed by atoms with van der Waals surface area (Å²) < 4.78 is 26.4. The van der Waals surface area contributed by atoms with Gasteiger partial charge >= 0.3 is 0 Å². The maximum absolute atomic E-state index is 12.6. The fraction of sp³-hybridized carbons (Fsp3) is 0.471. The zero-order valence-corrected chi connectivity index (χ0v) is 14.5. The fourth-order valence-electron chi connectivity index (χ4n) is 2.93. The molecule has 1 atom stereocenters. The molecule has 0 unspecified atom stereocenters. The number of rotatable bonds is 6. The van der Waals surface area contributed by atoms with Crippen LogP contribution in [0, 0.1) is 5.92 Å². The number of nitrogens with one attached hydrogen (secondary N) is 1. The van der Waals surface area contributed by atoms with E-state index in [-0.39, 0.29) is 23.4 Å². The average molecular weight is 336 g/mol. The summed E-state index contributed by atoms with van der Waals surface area (Å²) in [6, 6.07) is 6.37. The Hall–Kier alpha value is -1.66. The van der Waals surface area contributed by atoms with Gasteiger partial charge in [-0.3, -0.25) is 4.79 Å². The van der Waals surface area contributed by atoms with Crippen molar-refractivity contribution in [3.63, 3.8) is 0 Å². The van der Waals surface area contributed by atoms with Gasteiger partial charge in [0.05, 0.1) is 4.90 Å². The van der Waals surface area contributed by atoms with Crippen molar-refractivity contribution in [3.8, 4) is 0 Å². The van der Waals surface area contributed by atoms with Gasteiger partial charge in [-0.2, -0.15) is 0 Å². The van der Waals surface area contributed by atoms with Crippen LogP contribution >= 0.6 is 0 Å². The molecule has 126 valence electrons. The smallest absolute Gasteiger partial charge is 0.254 e. The Labute approximate surface area is 138 Å². The summed E-state index contributed by atoms with van der Waals surface area (Å²) in [4.78, 5) is 14.7. The summed E-state index contributed by atoms with van der Waals surface area (Å²) in [6.45, 7) is 8.67. The van der Waals surface area contributed by atoms with Crippen molar-refractivity contribution in [2.24, 2.45) is 5.92 Å². The molecule has 6 heteroatoms. The first kappa shape index (κ1) is 17.7. The van der Waals surface area contributed by atoms with Gasteiger partial charge in [-0.05, 0) is 43.0 Å². The fourth-order valence-corrected chi connectivity index (χ4v) is 3.93. The Balaban J connectivity index is 2.16. The molecule has 0 bridgehead atoms. The lowest BCUT2D eigenvalue weighted by Crippen LogP contribution is -2.38. The largest absolute Gasteiger partial charge is 0.335 e. The molecular formula is C17H24N2O3S. The lowest BCUT2D eigenvalue weighted by Gasteiger charge is -2.27. The van der Waals surface area contributed by atoms with Crippen LogP contribution in [-0.2, 0) is 10.0 Å². The predicted octanol–water partition coefficient (Wildman–Crippen LogP) is 2.41. The van der Waals surface area contributed by atoms with Gasteiger partial charge in [0.25, 0.3) is 5.91 Å². The van der Waals surface area contributed by atoms with Gasteiger partial charge < -0.3 is 4.90 Å². The summed E-state index contributed by atoms with van der Waals surface area (Å²) in [5, 5.41) is 0. The minimum Gasteiger partial charge on any atom is -0.335 e. The molecule has 0 aliphatic carbocycles. The minimum absolute atomic E-state index is 0.0239. The number of nitrogens with zero attached hydrogens (tertiary/aromatic N) is 1. The van der Waals surface area contributed by atoms with Crippen LogP contribution in [0.1, 0.15) is 37.0 Å². The van der Waals surface area contributed by atoms with E-state index in [1.165, 1.54) is 18.2 Å². The molecule has 0 radical (unpaired) electrons. The SMILES string of the molecule is C=CCNS(=O)(=O)c1ccc(C(=O)N2CCC[C@H]2C(C)C)cc1. The summed E-state index contributed by atoms with van der Waals surface area (Å²) in [5.74, 6) is 0.397. The molecule has 0 spiro atoms. The second-order valence-electron chi connectivity index (χ2n) is 6.12. The maximum atomic E-state index is 12.6. The van der Waals surface area contributed by atoms with Crippen LogP contribution in [0.15, 0.2) is 41.8 Å². The zero-order chi connectivity index (χ0) is 17.0. The lowest BCUT2D eigenvalue weighted by molar-refractivity contribution is 0.0701. The highest BCUT2D eigenvalue weighted by atomic mass is 32.2. The number of benzene rings is 1. The Morgan fingerprint density at radius 1 is 1.39 bits per heavy atom. The number of hydrogen-bond donors (Lipinski definition) is 1. The monoisotopic (exact) mass is 336 g/mol. The number of hydrogen-bond acceptors (Lipinski definition) is 3. The van der Waals surface area contributed by atoms with Gasteiger partial charge in [0.15, 0.2) is 0 Å². The van der Waals surface area contributed by atoms with E-state index in [2.05, 4.69) is 25.1 Å². The van der Waals surface area contributed by atoms with Gasteiger partial charge in [-0.15, -0.1) is 6.58 Å². The van der Waals surface area contributed by atoms with Crippen LogP contribution < -0.4 is 4.72 Å². The van der Waals surface area contributed by atoms with E-state index >= 15 is 0 Å². The second kappa shape index (κ2) is 7.27. The molecule has 23 heavy (non-hydrogen) atoms. The molecule has 5 nitrogen and oxygen atoms in total. The van der Waals surface area contributed by atoms with Gasteiger partial charge in [0.1, 0.15) is 0 Å². The summed E-state index contributed by atoms with van der Waals surface area (Å²) in [5.41, 5.74) is 0.528. The Morgan fingerprint density at radius 3 is 2.61 bits per heavy atom. The van der Waals surface area contributed by atoms with Crippen LogP contribution in [0.2, 0.25) is 0 Å². The number of amides is 1. The highest BCUT2D eigenvalue weighted by Crippen LogP contribution is 2.25. The van der Waals surface area contributed by atoms with Crippen molar-refractivity contribution in [2.45, 2.75) is 37.6 Å². The first-order valence-electron chi connectivity index (χ1n) is 7.88. The molecule has 0 saturated carbocycles. The molecule has 1 aromatic carbocycles. The van der Waals surface area contributed by atoms with Crippen molar-refractivity contribution in [2.75, 3.05) is 13.1 Å². The van der Waals surface area contributed by atoms with E-state index in [0.717, 1.165) is 19.4 Å². The van der Waals surface area contributed by atoms with Crippen molar-refractivity contribution < 1.29 is 13.2 Å². The topological polar surface area (TPSA) is 66.5 Å². The van der Waals surface area contributed by atoms with Crippen molar-refractivity contribution in [1.29, 1.82) is 0 Å². The quantitative estimate of drug-likeness (QED) is 0.811. The van der Waals surface area contributed by atoms with E-state index in [0.29, 0.717) is 11.5 Å². The van der Waals surface area contributed by atoms with Crippen molar-refractivity contribution in [1.82, 2.24) is 9.62 Å². The number of carbonyl (C=O) groups is 1. The second-order valence-corrected chi connectivity index (χ2v) is 7.88. The Morgan fingerprint density at radius 2 is 2.04 bits per heavy atom. The third kappa shape index (κ3) is 4.00. The van der Waals surface area contributed by atoms with Gasteiger partial charge in [-0.1, -0.05) is 19.9 Å². The third-order valence-electron chi connectivity index (χ3n) is 4.16. The first-order chi connectivity index (χ1) is 10.9. The predicted molar refractivity (Wildman–Crippen MR) is 90.7 cm³/mol. The van der Waals surface area contributed by atoms with Gasteiger partial charge in [0.2, 0.25) is 10.0 Å². The average Bonchev–Trinajstić information content (AvgIpc) is 3.02. The molecule has 1 saturated heterocycles. The molecule has 1 aromatic rings. The number of carbonyl (C=O) groups excluding carboxylic acids is 1. The van der Waals surface area contributed by atoms with E-state index < -0.39 is 10.0 Å². The maximum Gasteiger partial charge on any atom is 0.254 e. The molecule has 1 N–H and O–H groups in total. The van der Waals surface area contributed by atoms with Crippen LogP contribution in [0.3, 0.4) is 0 Å². The van der Waals surface area contributed by atoms with Crippen LogP contribution in [-0.4, -0.2) is 38.4 Å². The standard InChI is InChI=1S/C17H24N2O3S/c1-4-11-18-23(21,22)15-9-7-14(8-10-15)17(20)19-12-5-6-16(19)13(2)3/h4,7-10,13,16,18H,1,5-6,11-12H2,2-3H3/t16-/m0/s1. The highest BCUT2D eigenvalue weighted by molar-refractivity contribution is 7.89. The van der Waals surface area contributed by atoms with Crippen LogP contribution in [0.5, 0.6) is 0 Å². The molecular weight excluding hydrogens is 312 g/mol. The third-order valence-corrected chi connectivity index (χ3v) is 5.60. The highest BCUT2D eigenvalue weighted by Gasteiger charge is 2.31. The van der Waals surface area contributed by atoms with E-state index in [4.69, 9.17) is 0 Å².